The number of aliphatic imine (C=N–C) groups is 1. The average Bonchev–Trinajstić information content (AvgIpc) is 2.66. The Balaban J connectivity index is 0.00000676. The van der Waals surface area contributed by atoms with Crippen LogP contribution in [0.3, 0.4) is 0 Å². The monoisotopic (exact) mass is 486 g/mol. The van der Waals surface area contributed by atoms with Gasteiger partial charge in [0.05, 0.1) is 0 Å². The second kappa shape index (κ2) is 15.5. The van der Waals surface area contributed by atoms with Gasteiger partial charge in [-0.15, -0.1) is 30.6 Å². The number of carbonyl (C=O) groups excluding carboxylic acids is 1. The zero-order valence-electron chi connectivity index (χ0n) is 17.0. The van der Waals surface area contributed by atoms with E-state index in [4.69, 9.17) is 4.99 Å². The Kier molecular flexibility index (Phi) is 14.6. The Hall–Kier alpha value is -1.57. The molecule has 1 aromatic rings. The first kappa shape index (κ1) is 25.4. The number of nitrogens with one attached hydrogen (secondary N) is 2. The van der Waals surface area contributed by atoms with Gasteiger partial charge < -0.3 is 15.5 Å². The van der Waals surface area contributed by atoms with E-state index in [1.165, 1.54) is 12.8 Å². The van der Waals surface area contributed by atoms with Crippen molar-refractivity contribution in [1.82, 2.24) is 15.5 Å². The number of allylic oxidation sites excluding steroid dienone is 1. The Morgan fingerprint density at radius 2 is 2.07 bits per heavy atom. The molecule has 0 aliphatic rings. The molecule has 6 heteroatoms. The fourth-order valence-corrected chi connectivity index (χ4v) is 2.69. The van der Waals surface area contributed by atoms with Crippen molar-refractivity contribution in [2.45, 2.75) is 39.0 Å². The van der Waals surface area contributed by atoms with Crippen molar-refractivity contribution < 1.29 is 4.79 Å². The van der Waals surface area contributed by atoms with Crippen LogP contribution < -0.4 is 10.6 Å². The summed E-state index contributed by atoms with van der Waals surface area (Å²) in [4.78, 5) is 18.7. The van der Waals surface area contributed by atoms with E-state index in [2.05, 4.69) is 36.1 Å². The highest BCUT2D eigenvalue weighted by atomic mass is 127. The molecule has 152 valence electrons. The molecule has 0 spiro atoms. The highest BCUT2D eigenvalue weighted by Crippen LogP contribution is 2.07. The van der Waals surface area contributed by atoms with Gasteiger partial charge in [0.1, 0.15) is 0 Å². The summed E-state index contributed by atoms with van der Waals surface area (Å²) in [6.07, 6.45) is 7.45. The van der Waals surface area contributed by atoms with Crippen LogP contribution in [0.15, 0.2) is 41.9 Å². The third kappa shape index (κ3) is 10.4. The molecule has 0 saturated carbocycles. The maximum Gasteiger partial charge on any atom is 0.251 e. The van der Waals surface area contributed by atoms with Crippen LogP contribution in [0.2, 0.25) is 0 Å². The molecule has 0 radical (unpaired) electrons. The van der Waals surface area contributed by atoms with Crippen LogP contribution in [0.1, 0.15) is 48.5 Å². The van der Waals surface area contributed by atoms with Crippen LogP contribution in [-0.2, 0) is 6.42 Å². The number of benzene rings is 1. The van der Waals surface area contributed by atoms with Crippen molar-refractivity contribution in [2.75, 3.05) is 33.7 Å². The Morgan fingerprint density at radius 1 is 1.30 bits per heavy atom. The Labute approximate surface area is 181 Å². The molecule has 0 fully saturated rings. The van der Waals surface area contributed by atoms with E-state index in [1.54, 1.807) is 7.05 Å². The number of guanidine groups is 1. The molecule has 0 atom stereocenters. The molecule has 0 unspecified atom stereocenters. The van der Waals surface area contributed by atoms with Gasteiger partial charge in [0.25, 0.3) is 5.91 Å². The van der Waals surface area contributed by atoms with Crippen LogP contribution in [0.4, 0.5) is 0 Å². The second-order valence-electron chi connectivity index (χ2n) is 6.32. The summed E-state index contributed by atoms with van der Waals surface area (Å²) in [7, 11) is 3.73. The maximum absolute atomic E-state index is 11.7. The summed E-state index contributed by atoms with van der Waals surface area (Å²) in [5, 5.41) is 6.01. The molecule has 0 saturated heterocycles. The standard InChI is InChI=1S/C21H34N4O.HI/c1-5-7-8-9-10-16-25(4)21(23-6-2)24-15-14-18-12-11-13-19(17-18)20(26)22-3;/h5,11-13,17H,1,6-10,14-16H2,2-4H3,(H,22,26)(H,23,24);1H. The van der Waals surface area contributed by atoms with Crippen molar-refractivity contribution in [1.29, 1.82) is 0 Å². The number of unbranched alkanes of at least 4 members (excludes halogenated alkanes) is 3. The largest absolute Gasteiger partial charge is 0.357 e. The lowest BCUT2D eigenvalue weighted by molar-refractivity contribution is 0.0963. The summed E-state index contributed by atoms with van der Waals surface area (Å²) in [6.45, 7) is 8.39. The van der Waals surface area contributed by atoms with E-state index in [1.807, 2.05) is 30.3 Å². The van der Waals surface area contributed by atoms with Crippen LogP contribution in [0, 0.1) is 0 Å². The van der Waals surface area contributed by atoms with Gasteiger partial charge in [-0.25, -0.2) is 0 Å². The number of halogens is 1. The lowest BCUT2D eigenvalue weighted by Gasteiger charge is -2.22. The minimum Gasteiger partial charge on any atom is -0.357 e. The van der Waals surface area contributed by atoms with Crippen LogP contribution in [-0.4, -0.2) is 50.5 Å². The Bertz CT molecular complexity index is 589. The van der Waals surface area contributed by atoms with Crippen molar-refractivity contribution in [3.05, 3.63) is 48.0 Å². The summed E-state index contributed by atoms with van der Waals surface area (Å²) in [6, 6.07) is 7.73. The number of amides is 1. The minimum absolute atomic E-state index is 0. The number of hydrogen-bond donors (Lipinski definition) is 2. The Morgan fingerprint density at radius 3 is 2.74 bits per heavy atom. The second-order valence-corrected chi connectivity index (χ2v) is 6.32. The maximum atomic E-state index is 11.7. The van der Waals surface area contributed by atoms with Gasteiger partial charge in [-0.1, -0.05) is 24.6 Å². The number of hydrogen-bond acceptors (Lipinski definition) is 2. The van der Waals surface area contributed by atoms with Crippen molar-refractivity contribution in [3.8, 4) is 0 Å². The quantitative estimate of drug-likeness (QED) is 0.164. The van der Waals surface area contributed by atoms with Gasteiger partial charge in [-0.05, 0) is 50.3 Å². The molecule has 27 heavy (non-hydrogen) atoms. The highest BCUT2D eigenvalue weighted by molar-refractivity contribution is 14.0. The van der Waals surface area contributed by atoms with Gasteiger partial charge in [-0.2, -0.15) is 0 Å². The summed E-state index contributed by atoms with van der Waals surface area (Å²) in [5.74, 6) is 0.888. The van der Waals surface area contributed by atoms with Crippen molar-refractivity contribution >= 4 is 35.8 Å². The molecule has 1 rings (SSSR count). The predicted octanol–water partition coefficient (Wildman–Crippen LogP) is 3.85. The SMILES string of the molecule is C=CCCCCCN(C)C(=NCCc1cccc(C(=O)NC)c1)NCC.I. The first-order valence-electron chi connectivity index (χ1n) is 9.53. The summed E-state index contributed by atoms with van der Waals surface area (Å²) in [5.41, 5.74) is 1.82. The molecule has 2 N–H and O–H groups in total. The van der Waals surface area contributed by atoms with Gasteiger partial charge in [-0.3, -0.25) is 9.79 Å². The van der Waals surface area contributed by atoms with Gasteiger partial charge >= 0.3 is 0 Å². The van der Waals surface area contributed by atoms with Gasteiger partial charge in [0.2, 0.25) is 0 Å². The van der Waals surface area contributed by atoms with Crippen LogP contribution in [0.25, 0.3) is 0 Å². The topological polar surface area (TPSA) is 56.7 Å². The molecule has 0 bridgehead atoms. The number of rotatable bonds is 11. The van der Waals surface area contributed by atoms with Crippen molar-refractivity contribution in [3.63, 3.8) is 0 Å². The zero-order chi connectivity index (χ0) is 19.2. The fourth-order valence-electron chi connectivity index (χ4n) is 2.69. The lowest BCUT2D eigenvalue weighted by Crippen LogP contribution is -2.39. The summed E-state index contributed by atoms with van der Waals surface area (Å²) < 4.78 is 0. The first-order chi connectivity index (χ1) is 12.6. The first-order valence-corrected chi connectivity index (χ1v) is 9.53. The molecule has 5 nitrogen and oxygen atoms in total. The third-order valence-corrected chi connectivity index (χ3v) is 4.18. The van der Waals surface area contributed by atoms with Crippen LogP contribution >= 0.6 is 24.0 Å². The number of nitrogens with zero attached hydrogens (tertiary/aromatic N) is 2. The minimum atomic E-state index is -0.0557. The summed E-state index contributed by atoms with van der Waals surface area (Å²) >= 11 is 0. The van der Waals surface area contributed by atoms with E-state index >= 15 is 0 Å². The highest BCUT2D eigenvalue weighted by Gasteiger charge is 2.06. The molecule has 1 aromatic carbocycles. The third-order valence-electron chi connectivity index (χ3n) is 4.18. The van der Waals surface area contributed by atoms with E-state index in [0.717, 1.165) is 43.9 Å². The van der Waals surface area contributed by atoms with Gasteiger partial charge in [0, 0.05) is 39.3 Å². The molecule has 0 aromatic heterocycles. The van der Waals surface area contributed by atoms with Crippen molar-refractivity contribution in [2.24, 2.45) is 4.99 Å². The lowest BCUT2D eigenvalue weighted by atomic mass is 10.1. The van der Waals surface area contributed by atoms with Gasteiger partial charge in [0.15, 0.2) is 5.96 Å². The average molecular weight is 486 g/mol. The molecule has 1 amide bonds. The molecule has 0 aliphatic heterocycles. The predicted molar refractivity (Wildman–Crippen MR) is 126 cm³/mol. The molecular weight excluding hydrogens is 451 g/mol. The smallest absolute Gasteiger partial charge is 0.251 e. The molecule has 0 aliphatic carbocycles. The normalized spacial score (nSPS) is 10.7. The molecular formula is C21H35IN4O. The van der Waals surface area contributed by atoms with E-state index in [9.17, 15) is 4.79 Å². The van der Waals surface area contributed by atoms with E-state index in [-0.39, 0.29) is 29.9 Å². The van der Waals surface area contributed by atoms with Crippen LogP contribution in [0.5, 0.6) is 0 Å². The van der Waals surface area contributed by atoms with E-state index in [0.29, 0.717) is 12.1 Å². The number of carbonyl (C=O) groups is 1. The fraction of sp³-hybridized carbons (Fsp3) is 0.524. The zero-order valence-corrected chi connectivity index (χ0v) is 19.3. The molecule has 0 heterocycles. The van der Waals surface area contributed by atoms with E-state index < -0.39 is 0 Å².